The van der Waals surface area contributed by atoms with E-state index in [2.05, 4.69) is 6.92 Å². The zero-order valence-corrected chi connectivity index (χ0v) is 14.5. The first-order valence-electron chi connectivity index (χ1n) is 8.50. The Kier molecular flexibility index (Phi) is 15.6. The van der Waals surface area contributed by atoms with Crippen LogP contribution in [0.25, 0.3) is 0 Å². The number of carbonyl (C=O) groups excluding carboxylic acids is 1. The molecule has 0 spiro atoms. The lowest BCUT2D eigenvalue weighted by Gasteiger charge is -2.12. The smallest absolute Gasteiger partial charge is 0.284 e. The average Bonchev–Trinajstić information content (AvgIpc) is 2.50. The first kappa shape index (κ1) is 20.5. The SMILES string of the molecule is CCCCCCCCCCCCCC(=O)N(CCO)P=O. The van der Waals surface area contributed by atoms with E-state index in [1.807, 2.05) is 0 Å². The topological polar surface area (TPSA) is 57.6 Å². The van der Waals surface area contributed by atoms with Crippen molar-refractivity contribution in [2.24, 2.45) is 0 Å². The van der Waals surface area contributed by atoms with Crippen molar-refractivity contribution in [3.05, 3.63) is 0 Å². The average molecular weight is 317 g/mol. The van der Waals surface area contributed by atoms with Crippen LogP contribution in [0.5, 0.6) is 0 Å². The van der Waals surface area contributed by atoms with Gasteiger partial charge in [0.15, 0.2) is 0 Å². The third-order valence-electron chi connectivity index (χ3n) is 3.69. The zero-order valence-electron chi connectivity index (χ0n) is 13.6. The number of hydrogen-bond acceptors (Lipinski definition) is 3. The highest BCUT2D eigenvalue weighted by molar-refractivity contribution is 7.21. The van der Waals surface area contributed by atoms with Gasteiger partial charge in [-0.15, -0.1) is 0 Å². The summed E-state index contributed by atoms with van der Waals surface area (Å²) < 4.78 is 11.9. The predicted octanol–water partition coefficient (Wildman–Crippen LogP) is 4.72. The van der Waals surface area contributed by atoms with Gasteiger partial charge in [-0.3, -0.25) is 9.46 Å². The van der Waals surface area contributed by atoms with Gasteiger partial charge in [0.2, 0.25) is 5.91 Å². The first-order valence-corrected chi connectivity index (χ1v) is 9.27. The monoisotopic (exact) mass is 317 g/mol. The van der Waals surface area contributed by atoms with Crippen LogP contribution in [-0.4, -0.2) is 28.8 Å². The van der Waals surface area contributed by atoms with Crippen LogP contribution in [0.15, 0.2) is 0 Å². The second-order valence-corrected chi connectivity index (χ2v) is 6.25. The molecule has 0 saturated heterocycles. The molecule has 0 radical (unpaired) electrons. The number of amides is 1. The summed E-state index contributed by atoms with van der Waals surface area (Å²) >= 11 is 0. The van der Waals surface area contributed by atoms with Gasteiger partial charge in [-0.1, -0.05) is 71.1 Å². The zero-order chi connectivity index (χ0) is 15.8. The Balaban J connectivity index is 3.31. The number of carbonyl (C=O) groups is 1. The van der Waals surface area contributed by atoms with Crippen LogP contribution in [0, 0.1) is 0 Å². The van der Waals surface area contributed by atoms with Crippen molar-refractivity contribution in [3.8, 4) is 0 Å². The lowest BCUT2D eigenvalue weighted by Crippen LogP contribution is -2.24. The molecule has 1 N–H and O–H groups in total. The first-order chi connectivity index (χ1) is 10.3. The summed E-state index contributed by atoms with van der Waals surface area (Å²) in [7, 11) is -0.310. The molecular weight excluding hydrogens is 285 g/mol. The van der Waals surface area contributed by atoms with E-state index in [-0.39, 0.29) is 27.7 Å². The molecule has 21 heavy (non-hydrogen) atoms. The Morgan fingerprint density at radius 1 is 0.905 bits per heavy atom. The van der Waals surface area contributed by atoms with E-state index in [0.29, 0.717) is 6.42 Å². The van der Waals surface area contributed by atoms with Gasteiger partial charge < -0.3 is 5.11 Å². The predicted molar refractivity (Wildman–Crippen MR) is 87.5 cm³/mol. The standard InChI is InChI=1S/C16H32NO3P/c1-2-3-4-5-6-7-8-9-10-11-12-13-16(19)17(21-20)14-15-18/h18H,2-15H2,1H3. The van der Waals surface area contributed by atoms with Gasteiger partial charge in [0, 0.05) is 6.42 Å². The second kappa shape index (κ2) is 15.9. The largest absolute Gasteiger partial charge is 0.395 e. The fraction of sp³-hybridized carbons (Fsp3) is 0.938. The lowest BCUT2D eigenvalue weighted by molar-refractivity contribution is -0.126. The highest BCUT2D eigenvalue weighted by atomic mass is 31.1. The van der Waals surface area contributed by atoms with Gasteiger partial charge in [0.1, 0.15) is 0 Å². The van der Waals surface area contributed by atoms with Crippen LogP contribution in [-0.2, 0) is 9.36 Å². The van der Waals surface area contributed by atoms with Gasteiger partial charge in [-0.2, -0.15) is 0 Å². The van der Waals surface area contributed by atoms with Gasteiger partial charge in [0.05, 0.1) is 13.2 Å². The second-order valence-electron chi connectivity index (χ2n) is 5.61. The Bertz CT molecular complexity index is 262. The summed E-state index contributed by atoms with van der Waals surface area (Å²) in [4.78, 5) is 11.6. The van der Waals surface area contributed by atoms with Gasteiger partial charge in [-0.25, -0.2) is 4.57 Å². The van der Waals surface area contributed by atoms with E-state index in [1.54, 1.807) is 0 Å². The quantitative estimate of drug-likeness (QED) is 0.351. The number of unbranched alkanes of at least 4 members (excludes halogenated alkanes) is 10. The molecule has 0 aliphatic heterocycles. The summed E-state index contributed by atoms with van der Waals surface area (Å²) in [5.41, 5.74) is 0. The molecule has 0 rings (SSSR count). The number of hydrogen-bond donors (Lipinski definition) is 1. The highest BCUT2D eigenvalue weighted by Gasteiger charge is 2.11. The normalized spacial score (nSPS) is 11.0. The molecule has 0 atom stereocenters. The van der Waals surface area contributed by atoms with Crippen LogP contribution in [0.4, 0.5) is 0 Å². The minimum Gasteiger partial charge on any atom is -0.395 e. The maximum absolute atomic E-state index is 11.6. The molecule has 4 nitrogen and oxygen atoms in total. The third-order valence-corrected chi connectivity index (χ3v) is 4.31. The molecule has 0 aromatic rings. The van der Waals surface area contributed by atoms with Crippen molar-refractivity contribution >= 4 is 14.5 Å². The van der Waals surface area contributed by atoms with E-state index in [1.165, 1.54) is 57.8 Å². The summed E-state index contributed by atoms with van der Waals surface area (Å²) in [5, 5.41) is 8.74. The molecule has 5 heteroatoms. The summed E-state index contributed by atoms with van der Waals surface area (Å²) in [5.74, 6) is -0.128. The fourth-order valence-electron chi connectivity index (χ4n) is 2.38. The Hall–Kier alpha value is -0.470. The molecule has 0 aromatic heterocycles. The van der Waals surface area contributed by atoms with E-state index in [0.717, 1.165) is 17.5 Å². The van der Waals surface area contributed by atoms with E-state index >= 15 is 0 Å². The number of rotatable bonds is 15. The molecule has 124 valence electrons. The van der Waals surface area contributed by atoms with Gasteiger partial charge >= 0.3 is 0 Å². The molecule has 0 saturated carbocycles. The Labute approximate surface area is 131 Å². The molecular formula is C16H32NO3P. The molecule has 0 fully saturated rings. The number of aliphatic hydroxyl groups excluding tert-OH is 1. The maximum Gasteiger partial charge on any atom is 0.284 e. The lowest BCUT2D eigenvalue weighted by atomic mass is 10.1. The Morgan fingerprint density at radius 2 is 1.38 bits per heavy atom. The van der Waals surface area contributed by atoms with Crippen LogP contribution >= 0.6 is 8.61 Å². The van der Waals surface area contributed by atoms with Crippen molar-refractivity contribution in [1.29, 1.82) is 0 Å². The molecule has 0 aliphatic rings. The van der Waals surface area contributed by atoms with Crippen LogP contribution in [0.3, 0.4) is 0 Å². The summed E-state index contributed by atoms with van der Waals surface area (Å²) in [6.07, 6.45) is 14.2. The van der Waals surface area contributed by atoms with Crippen molar-refractivity contribution < 1.29 is 14.5 Å². The molecule has 1 amide bonds. The molecule has 0 aromatic carbocycles. The fourth-order valence-corrected chi connectivity index (χ4v) is 2.74. The minimum atomic E-state index is -0.310. The highest BCUT2D eigenvalue weighted by Crippen LogP contribution is 2.13. The number of aliphatic hydroxyl groups is 1. The minimum absolute atomic E-state index is 0.128. The summed E-state index contributed by atoms with van der Waals surface area (Å²) in [6, 6.07) is 0. The van der Waals surface area contributed by atoms with Crippen LogP contribution in [0.2, 0.25) is 0 Å². The van der Waals surface area contributed by atoms with Crippen molar-refractivity contribution in [1.82, 2.24) is 4.67 Å². The van der Waals surface area contributed by atoms with Crippen molar-refractivity contribution in [3.63, 3.8) is 0 Å². The maximum atomic E-state index is 11.6. The van der Waals surface area contributed by atoms with Gasteiger partial charge in [0.25, 0.3) is 8.61 Å². The Morgan fingerprint density at radius 3 is 1.81 bits per heavy atom. The molecule has 0 bridgehead atoms. The summed E-state index contributed by atoms with van der Waals surface area (Å²) in [6.45, 7) is 2.26. The number of nitrogens with zero attached hydrogens (tertiary/aromatic N) is 1. The van der Waals surface area contributed by atoms with E-state index in [4.69, 9.17) is 5.11 Å². The van der Waals surface area contributed by atoms with Crippen LogP contribution in [0.1, 0.15) is 84.0 Å². The van der Waals surface area contributed by atoms with Crippen molar-refractivity contribution in [2.45, 2.75) is 84.0 Å². The molecule has 0 aliphatic carbocycles. The van der Waals surface area contributed by atoms with Gasteiger partial charge in [-0.05, 0) is 6.42 Å². The van der Waals surface area contributed by atoms with Crippen molar-refractivity contribution in [2.75, 3.05) is 13.2 Å². The molecule has 0 unspecified atom stereocenters. The van der Waals surface area contributed by atoms with E-state index in [9.17, 15) is 9.36 Å². The van der Waals surface area contributed by atoms with E-state index < -0.39 is 0 Å². The van der Waals surface area contributed by atoms with Crippen LogP contribution < -0.4 is 0 Å². The third kappa shape index (κ3) is 12.9. The molecule has 0 heterocycles.